The normalized spacial score (nSPS) is 17.3. The second-order valence-electron chi connectivity index (χ2n) is 6.90. The molecule has 4 heterocycles. The minimum absolute atomic E-state index is 0.116. The van der Waals surface area contributed by atoms with Crippen molar-refractivity contribution in [1.82, 2.24) is 23.5 Å². The minimum Gasteiger partial charge on any atom is -0.376 e. The number of rotatable bonds is 3. The number of benzene rings is 1. The van der Waals surface area contributed by atoms with Crippen molar-refractivity contribution in [3.63, 3.8) is 0 Å². The molecule has 0 amide bonds. The second kappa shape index (κ2) is 5.95. The molecule has 1 aliphatic heterocycles. The third-order valence-electron chi connectivity index (χ3n) is 5.20. The van der Waals surface area contributed by atoms with Gasteiger partial charge in [0.1, 0.15) is 0 Å². The molecule has 8 heteroatoms. The fourth-order valence-electron chi connectivity index (χ4n) is 3.81. The highest BCUT2D eigenvalue weighted by atomic mass is 16.5. The number of nitrogens with zero attached hydrogens (tertiary/aromatic N) is 4. The van der Waals surface area contributed by atoms with Crippen LogP contribution in [0.2, 0.25) is 0 Å². The van der Waals surface area contributed by atoms with Crippen LogP contribution in [-0.2, 0) is 18.3 Å². The van der Waals surface area contributed by atoms with Crippen LogP contribution in [0.1, 0.15) is 12.8 Å². The van der Waals surface area contributed by atoms with Crippen molar-refractivity contribution in [2.45, 2.75) is 25.5 Å². The third kappa shape index (κ3) is 2.44. The molecule has 0 saturated carbocycles. The van der Waals surface area contributed by atoms with Crippen LogP contribution in [0.5, 0.6) is 0 Å². The van der Waals surface area contributed by atoms with Crippen molar-refractivity contribution in [2.24, 2.45) is 7.05 Å². The van der Waals surface area contributed by atoms with Crippen LogP contribution >= 0.6 is 0 Å². The summed E-state index contributed by atoms with van der Waals surface area (Å²) < 4.78 is 11.0. The first kappa shape index (κ1) is 16.1. The van der Waals surface area contributed by atoms with E-state index in [1.165, 1.54) is 4.57 Å². The standard InChI is InChI=1S/C19H19N5O3/c1-22-16-15(17(25)21-19(22)26)24-11-14(12-6-3-2-4-7-12)23(18(24)20-16)10-13-8-5-9-27-13/h2-4,6-7,11,13H,5,8-10H2,1H3,(H,21,25,26). The fourth-order valence-corrected chi connectivity index (χ4v) is 3.81. The summed E-state index contributed by atoms with van der Waals surface area (Å²) in [6.07, 6.45) is 4.07. The zero-order valence-corrected chi connectivity index (χ0v) is 14.9. The monoisotopic (exact) mass is 365 g/mol. The second-order valence-corrected chi connectivity index (χ2v) is 6.90. The third-order valence-corrected chi connectivity index (χ3v) is 5.20. The first-order valence-electron chi connectivity index (χ1n) is 9.01. The molecule has 1 aliphatic rings. The summed E-state index contributed by atoms with van der Waals surface area (Å²) in [5.41, 5.74) is 1.84. The number of aryl methyl sites for hydroxylation is 1. The van der Waals surface area contributed by atoms with E-state index >= 15 is 0 Å². The summed E-state index contributed by atoms with van der Waals surface area (Å²) in [5.74, 6) is 0.631. The number of hydrogen-bond donors (Lipinski definition) is 1. The first-order chi connectivity index (χ1) is 13.1. The van der Waals surface area contributed by atoms with Gasteiger partial charge in [0.25, 0.3) is 5.56 Å². The van der Waals surface area contributed by atoms with Crippen LogP contribution in [0.3, 0.4) is 0 Å². The zero-order valence-electron chi connectivity index (χ0n) is 14.9. The van der Waals surface area contributed by atoms with Gasteiger partial charge in [-0.3, -0.25) is 18.7 Å². The van der Waals surface area contributed by atoms with Gasteiger partial charge in [0, 0.05) is 19.9 Å². The van der Waals surface area contributed by atoms with E-state index in [0.29, 0.717) is 23.5 Å². The van der Waals surface area contributed by atoms with Crippen LogP contribution in [0, 0.1) is 0 Å². The lowest BCUT2D eigenvalue weighted by Gasteiger charge is -2.13. The molecule has 138 valence electrons. The largest absolute Gasteiger partial charge is 0.376 e. The predicted octanol–water partition coefficient (Wildman–Crippen LogP) is 1.52. The van der Waals surface area contributed by atoms with E-state index in [9.17, 15) is 9.59 Å². The molecule has 1 N–H and O–H groups in total. The fraction of sp³-hybridized carbons (Fsp3) is 0.316. The van der Waals surface area contributed by atoms with E-state index in [2.05, 4.69) is 14.5 Å². The van der Waals surface area contributed by atoms with Crippen LogP contribution < -0.4 is 11.2 Å². The summed E-state index contributed by atoms with van der Waals surface area (Å²) in [4.78, 5) is 31.4. The predicted molar refractivity (Wildman–Crippen MR) is 101 cm³/mol. The smallest absolute Gasteiger partial charge is 0.329 e. The molecule has 3 aromatic heterocycles. The van der Waals surface area contributed by atoms with Gasteiger partial charge in [-0.2, -0.15) is 4.98 Å². The lowest BCUT2D eigenvalue weighted by molar-refractivity contribution is 0.0981. The molecular weight excluding hydrogens is 346 g/mol. The van der Waals surface area contributed by atoms with Gasteiger partial charge in [-0.1, -0.05) is 30.3 Å². The summed E-state index contributed by atoms with van der Waals surface area (Å²) in [6.45, 7) is 1.42. The molecule has 4 aromatic rings. The summed E-state index contributed by atoms with van der Waals surface area (Å²) in [7, 11) is 1.61. The van der Waals surface area contributed by atoms with Gasteiger partial charge in [-0.05, 0) is 18.4 Å². The number of nitrogens with one attached hydrogen (secondary N) is 1. The van der Waals surface area contributed by atoms with Gasteiger partial charge in [0.15, 0.2) is 11.2 Å². The number of hydrogen-bond acceptors (Lipinski definition) is 4. The topological polar surface area (TPSA) is 86.3 Å². The van der Waals surface area contributed by atoms with Crippen LogP contribution in [0.25, 0.3) is 28.2 Å². The molecule has 1 unspecified atom stereocenters. The Bertz CT molecular complexity index is 1260. The maximum Gasteiger partial charge on any atom is 0.329 e. The minimum atomic E-state index is -0.470. The Morgan fingerprint density at radius 3 is 2.81 bits per heavy atom. The summed E-state index contributed by atoms with van der Waals surface area (Å²) >= 11 is 0. The van der Waals surface area contributed by atoms with Crippen molar-refractivity contribution in [3.05, 3.63) is 57.4 Å². The molecule has 0 radical (unpaired) electrons. The molecule has 1 fully saturated rings. The Balaban J connectivity index is 1.82. The van der Waals surface area contributed by atoms with Gasteiger partial charge < -0.3 is 9.30 Å². The number of ether oxygens (including phenoxy) is 1. The molecule has 5 rings (SSSR count). The maximum absolute atomic E-state index is 12.5. The van der Waals surface area contributed by atoms with Gasteiger partial charge in [-0.25, -0.2) is 4.79 Å². The molecule has 0 aliphatic carbocycles. The highest BCUT2D eigenvalue weighted by molar-refractivity contribution is 5.77. The lowest BCUT2D eigenvalue weighted by atomic mass is 10.1. The Labute approximate surface area is 153 Å². The van der Waals surface area contributed by atoms with E-state index in [1.807, 2.05) is 36.5 Å². The van der Waals surface area contributed by atoms with E-state index in [4.69, 9.17) is 4.74 Å². The van der Waals surface area contributed by atoms with Crippen molar-refractivity contribution >= 4 is 16.9 Å². The molecule has 27 heavy (non-hydrogen) atoms. The number of aromatic nitrogens is 5. The van der Waals surface area contributed by atoms with Crippen molar-refractivity contribution < 1.29 is 4.74 Å². The highest BCUT2D eigenvalue weighted by Gasteiger charge is 2.23. The molecule has 8 nitrogen and oxygen atoms in total. The van der Waals surface area contributed by atoms with Crippen LogP contribution in [0.15, 0.2) is 46.1 Å². The van der Waals surface area contributed by atoms with Crippen molar-refractivity contribution in [3.8, 4) is 11.3 Å². The Morgan fingerprint density at radius 1 is 1.26 bits per heavy atom. The average molecular weight is 365 g/mol. The number of fused-ring (bicyclic) bond motifs is 3. The molecular formula is C19H19N5O3. The molecule has 1 saturated heterocycles. The highest BCUT2D eigenvalue weighted by Crippen LogP contribution is 2.27. The van der Waals surface area contributed by atoms with E-state index in [0.717, 1.165) is 30.7 Å². The zero-order chi connectivity index (χ0) is 18.5. The van der Waals surface area contributed by atoms with Gasteiger partial charge in [-0.15, -0.1) is 0 Å². The number of imidazole rings is 2. The Morgan fingerprint density at radius 2 is 2.07 bits per heavy atom. The van der Waals surface area contributed by atoms with Gasteiger partial charge >= 0.3 is 5.69 Å². The van der Waals surface area contributed by atoms with Crippen LogP contribution in [0.4, 0.5) is 0 Å². The molecule has 0 bridgehead atoms. The maximum atomic E-state index is 12.5. The lowest BCUT2D eigenvalue weighted by Crippen LogP contribution is -2.28. The first-order valence-corrected chi connectivity index (χ1v) is 9.01. The van der Waals surface area contributed by atoms with E-state index in [1.54, 1.807) is 11.4 Å². The van der Waals surface area contributed by atoms with Crippen molar-refractivity contribution in [2.75, 3.05) is 6.61 Å². The van der Waals surface area contributed by atoms with Crippen LogP contribution in [-0.4, -0.2) is 36.2 Å². The Hall–Kier alpha value is -3.13. The molecule has 0 spiro atoms. The summed E-state index contributed by atoms with van der Waals surface area (Å²) in [5, 5.41) is 0. The number of aromatic amines is 1. The SMILES string of the molecule is Cn1c(=O)[nH]c(=O)c2c1nc1n(CC3CCCO3)c(-c3ccccc3)cn21. The van der Waals surface area contributed by atoms with E-state index in [-0.39, 0.29) is 6.10 Å². The quantitative estimate of drug-likeness (QED) is 0.596. The van der Waals surface area contributed by atoms with Crippen molar-refractivity contribution in [1.29, 1.82) is 0 Å². The summed E-state index contributed by atoms with van der Waals surface area (Å²) in [6, 6.07) is 10.00. The number of H-pyrrole nitrogens is 1. The van der Waals surface area contributed by atoms with E-state index < -0.39 is 11.2 Å². The van der Waals surface area contributed by atoms with Gasteiger partial charge in [0.2, 0.25) is 5.78 Å². The Kier molecular flexibility index (Phi) is 3.54. The molecule has 1 aromatic carbocycles. The molecule has 1 atom stereocenters. The average Bonchev–Trinajstić information content (AvgIpc) is 3.37. The van der Waals surface area contributed by atoms with Gasteiger partial charge in [0.05, 0.1) is 18.3 Å².